The highest BCUT2D eigenvalue weighted by molar-refractivity contribution is 5.98. The van der Waals surface area contributed by atoms with E-state index in [4.69, 9.17) is 4.74 Å². The second-order valence-electron chi connectivity index (χ2n) is 7.13. The molecule has 1 heterocycles. The van der Waals surface area contributed by atoms with Crippen molar-refractivity contribution in [3.05, 3.63) is 24.3 Å². The van der Waals surface area contributed by atoms with Gasteiger partial charge >= 0.3 is 0 Å². The van der Waals surface area contributed by atoms with Gasteiger partial charge in [0.05, 0.1) is 5.41 Å². The van der Waals surface area contributed by atoms with Crippen molar-refractivity contribution < 1.29 is 14.3 Å². The first-order valence-electron chi connectivity index (χ1n) is 9.01. The summed E-state index contributed by atoms with van der Waals surface area (Å²) < 4.78 is 5.02. The van der Waals surface area contributed by atoms with Gasteiger partial charge in [-0.2, -0.15) is 0 Å². The van der Waals surface area contributed by atoms with Gasteiger partial charge in [-0.3, -0.25) is 9.59 Å². The molecule has 1 aliphatic heterocycles. The van der Waals surface area contributed by atoms with Gasteiger partial charge in [0, 0.05) is 25.0 Å². The highest BCUT2D eigenvalue weighted by Gasteiger charge is 2.49. The predicted octanol–water partition coefficient (Wildman–Crippen LogP) is 2.80. The molecule has 144 valence electrons. The van der Waals surface area contributed by atoms with E-state index >= 15 is 0 Å². The van der Waals surface area contributed by atoms with Crippen LogP contribution in [0.2, 0.25) is 0 Å². The van der Waals surface area contributed by atoms with Crippen LogP contribution < -0.4 is 16.0 Å². The second kappa shape index (κ2) is 8.84. The van der Waals surface area contributed by atoms with E-state index in [9.17, 15) is 9.59 Å². The molecule has 3 N–H and O–H groups in total. The third-order valence-corrected chi connectivity index (χ3v) is 5.60. The molecule has 3 rings (SSSR count). The van der Waals surface area contributed by atoms with Crippen LogP contribution in [0.3, 0.4) is 0 Å². The van der Waals surface area contributed by atoms with E-state index in [0.29, 0.717) is 17.3 Å². The molecule has 6 nitrogen and oxygen atoms in total. The van der Waals surface area contributed by atoms with E-state index in [1.807, 2.05) is 12.1 Å². The summed E-state index contributed by atoms with van der Waals surface area (Å²) in [5, 5.41) is 9.27. The monoisotopic (exact) mass is 381 g/mol. The fraction of sp³-hybridized carbons (Fsp3) is 0.579. The number of anilines is 2. The molecule has 3 atom stereocenters. The van der Waals surface area contributed by atoms with Crippen molar-refractivity contribution in [2.75, 3.05) is 30.8 Å². The normalized spacial score (nSPS) is 25.5. The van der Waals surface area contributed by atoms with E-state index in [1.165, 1.54) is 13.5 Å². The summed E-state index contributed by atoms with van der Waals surface area (Å²) in [7, 11) is 1.50. The first kappa shape index (κ1) is 20.7. The van der Waals surface area contributed by atoms with Gasteiger partial charge in [-0.05, 0) is 50.4 Å². The lowest BCUT2D eigenvalue weighted by Gasteiger charge is -2.37. The van der Waals surface area contributed by atoms with Crippen molar-refractivity contribution >= 4 is 35.6 Å². The number of fused-ring (bicyclic) bond motifs is 1. The summed E-state index contributed by atoms with van der Waals surface area (Å²) >= 11 is 0. The molecule has 1 unspecified atom stereocenters. The van der Waals surface area contributed by atoms with E-state index < -0.39 is 6.10 Å². The second-order valence-corrected chi connectivity index (χ2v) is 7.13. The Morgan fingerprint density at radius 3 is 2.73 bits per heavy atom. The maximum absolute atomic E-state index is 13.0. The van der Waals surface area contributed by atoms with Crippen molar-refractivity contribution in [1.82, 2.24) is 5.32 Å². The Kier molecular flexibility index (Phi) is 7.03. The molecule has 0 spiro atoms. The minimum Gasteiger partial charge on any atom is -0.372 e. The molecule has 1 saturated carbocycles. The van der Waals surface area contributed by atoms with E-state index in [1.54, 1.807) is 19.1 Å². The summed E-state index contributed by atoms with van der Waals surface area (Å²) in [6.45, 7) is 3.38. The average molecular weight is 382 g/mol. The van der Waals surface area contributed by atoms with Gasteiger partial charge in [0.2, 0.25) is 5.91 Å². The summed E-state index contributed by atoms with van der Waals surface area (Å²) in [5.74, 6) is 0.305. The molecule has 2 fully saturated rings. The van der Waals surface area contributed by atoms with Crippen LogP contribution in [-0.4, -0.2) is 38.1 Å². The number of benzene rings is 1. The number of rotatable bonds is 5. The standard InChI is InChI=1S/C19H27N3O3.ClH/c1-13(25-2)17(23)21-15-7-5-8-16(10-15)22-18(24)19-9-4-3-6-14(19)11-20-12-19;/h5,7-8,10,13-14,20H,3-4,6,9,11-12H2,1-2H3,(H,21,23)(H,22,24);1H/t13?,14-,19+;/m0./s1. The Morgan fingerprint density at radius 1 is 1.27 bits per heavy atom. The Labute approximate surface area is 160 Å². The van der Waals surface area contributed by atoms with Gasteiger partial charge in [-0.25, -0.2) is 0 Å². The summed E-state index contributed by atoms with van der Waals surface area (Å²) in [6.07, 6.45) is 3.85. The van der Waals surface area contributed by atoms with E-state index in [-0.39, 0.29) is 29.6 Å². The molecule has 1 aliphatic carbocycles. The molecule has 0 aromatic heterocycles. The lowest BCUT2D eigenvalue weighted by Crippen LogP contribution is -2.44. The van der Waals surface area contributed by atoms with Gasteiger partial charge in [-0.1, -0.05) is 18.9 Å². The van der Waals surface area contributed by atoms with E-state index in [2.05, 4.69) is 16.0 Å². The van der Waals surface area contributed by atoms with Gasteiger partial charge in [0.15, 0.2) is 0 Å². The molecule has 2 aliphatic rings. The zero-order valence-corrected chi connectivity index (χ0v) is 16.2. The van der Waals surface area contributed by atoms with Gasteiger partial charge in [-0.15, -0.1) is 12.4 Å². The van der Waals surface area contributed by atoms with Crippen molar-refractivity contribution in [2.45, 2.75) is 38.7 Å². The number of carbonyl (C=O) groups is 2. The van der Waals surface area contributed by atoms with Crippen LogP contribution in [0.4, 0.5) is 11.4 Å². The Balaban J connectivity index is 0.00000243. The highest BCUT2D eigenvalue weighted by Crippen LogP contribution is 2.44. The van der Waals surface area contributed by atoms with Crippen LogP contribution in [0.5, 0.6) is 0 Å². The highest BCUT2D eigenvalue weighted by atomic mass is 35.5. The smallest absolute Gasteiger partial charge is 0.253 e. The van der Waals surface area contributed by atoms with Crippen LogP contribution in [0, 0.1) is 11.3 Å². The Bertz CT molecular complexity index is 655. The predicted molar refractivity (Wildman–Crippen MR) is 105 cm³/mol. The number of carbonyl (C=O) groups excluding carboxylic acids is 2. The zero-order valence-electron chi connectivity index (χ0n) is 15.3. The number of hydrogen-bond donors (Lipinski definition) is 3. The molecule has 2 amide bonds. The third kappa shape index (κ3) is 4.19. The number of nitrogens with one attached hydrogen (secondary N) is 3. The van der Waals surface area contributed by atoms with Crippen LogP contribution in [0.25, 0.3) is 0 Å². The molecule has 7 heteroatoms. The number of ether oxygens (including phenoxy) is 1. The fourth-order valence-electron chi connectivity index (χ4n) is 3.97. The summed E-state index contributed by atoms with van der Waals surface area (Å²) in [5.41, 5.74) is 1.06. The molecular formula is C19H28ClN3O3. The third-order valence-electron chi connectivity index (χ3n) is 5.60. The van der Waals surface area contributed by atoms with Crippen LogP contribution in [0.15, 0.2) is 24.3 Å². The van der Waals surface area contributed by atoms with Gasteiger partial charge in [0.1, 0.15) is 6.10 Å². The topological polar surface area (TPSA) is 79.5 Å². The van der Waals surface area contributed by atoms with Crippen molar-refractivity contribution in [2.24, 2.45) is 11.3 Å². The number of halogens is 1. The lowest BCUT2D eigenvalue weighted by molar-refractivity contribution is -0.128. The SMILES string of the molecule is COC(C)C(=O)Nc1cccc(NC(=O)[C@@]23CCCC[C@H]2CNC3)c1.Cl. The quantitative estimate of drug-likeness (QED) is 0.732. The van der Waals surface area contributed by atoms with Crippen molar-refractivity contribution in [3.63, 3.8) is 0 Å². The molecule has 0 bridgehead atoms. The maximum Gasteiger partial charge on any atom is 0.253 e. The van der Waals surface area contributed by atoms with Gasteiger partial charge in [0.25, 0.3) is 5.91 Å². The van der Waals surface area contributed by atoms with Crippen LogP contribution >= 0.6 is 12.4 Å². The fourth-order valence-corrected chi connectivity index (χ4v) is 3.97. The maximum atomic E-state index is 13.0. The number of amides is 2. The molecule has 1 aromatic rings. The minimum atomic E-state index is -0.523. The number of hydrogen-bond acceptors (Lipinski definition) is 4. The van der Waals surface area contributed by atoms with Crippen molar-refractivity contribution in [1.29, 1.82) is 0 Å². The lowest BCUT2D eigenvalue weighted by atomic mass is 9.67. The number of methoxy groups -OCH3 is 1. The summed E-state index contributed by atoms with van der Waals surface area (Å²) in [4.78, 5) is 24.9. The van der Waals surface area contributed by atoms with Crippen LogP contribution in [0.1, 0.15) is 32.6 Å². The van der Waals surface area contributed by atoms with Crippen molar-refractivity contribution in [3.8, 4) is 0 Å². The molecular weight excluding hydrogens is 354 g/mol. The Morgan fingerprint density at radius 2 is 2.00 bits per heavy atom. The molecule has 1 aromatic carbocycles. The van der Waals surface area contributed by atoms with E-state index in [0.717, 1.165) is 32.4 Å². The van der Waals surface area contributed by atoms with Gasteiger partial charge < -0.3 is 20.7 Å². The first-order valence-corrected chi connectivity index (χ1v) is 9.01. The minimum absolute atomic E-state index is 0. The summed E-state index contributed by atoms with van der Waals surface area (Å²) in [6, 6.07) is 7.26. The molecule has 1 saturated heterocycles. The first-order chi connectivity index (χ1) is 12.0. The largest absolute Gasteiger partial charge is 0.372 e. The zero-order chi connectivity index (χ0) is 17.9. The Hall–Kier alpha value is -1.63. The van der Waals surface area contributed by atoms with Crippen LogP contribution in [-0.2, 0) is 14.3 Å². The molecule has 26 heavy (non-hydrogen) atoms. The molecule has 0 radical (unpaired) electrons. The average Bonchev–Trinajstić information content (AvgIpc) is 3.06.